The summed E-state index contributed by atoms with van der Waals surface area (Å²) in [5.41, 5.74) is 2.22. The number of carbonyl (C=O) groups is 1. The highest BCUT2D eigenvalue weighted by molar-refractivity contribution is 5.86. The Morgan fingerprint density at radius 1 is 1.53 bits per heavy atom. The van der Waals surface area contributed by atoms with Gasteiger partial charge in [0.2, 0.25) is 5.91 Å². The van der Waals surface area contributed by atoms with Gasteiger partial charge in [0, 0.05) is 18.8 Å². The molecule has 1 unspecified atom stereocenters. The molecule has 2 rings (SSSR count). The van der Waals surface area contributed by atoms with E-state index in [4.69, 9.17) is 0 Å². The van der Waals surface area contributed by atoms with E-state index in [0.29, 0.717) is 6.54 Å². The molecular formula is C12H16N2O. The number of hydrogen-bond acceptors (Lipinski definition) is 2. The van der Waals surface area contributed by atoms with Crippen LogP contribution >= 0.6 is 0 Å². The largest absolute Gasteiger partial charge is 0.385 e. The van der Waals surface area contributed by atoms with Gasteiger partial charge in [0.05, 0.1) is 5.92 Å². The number of carbonyl (C=O) groups excluding carboxylic acids is 1. The van der Waals surface area contributed by atoms with Crippen LogP contribution in [0.4, 0.5) is 5.69 Å². The zero-order chi connectivity index (χ0) is 10.7. The monoisotopic (exact) mass is 204 g/mol. The third-order valence-corrected chi connectivity index (χ3v) is 2.75. The summed E-state index contributed by atoms with van der Waals surface area (Å²) in [6.45, 7) is 3.52. The first-order valence-electron chi connectivity index (χ1n) is 5.43. The van der Waals surface area contributed by atoms with E-state index in [1.54, 1.807) is 0 Å². The van der Waals surface area contributed by atoms with Crippen molar-refractivity contribution >= 4 is 11.6 Å². The molecule has 3 heteroatoms. The average Bonchev–Trinajstić information content (AvgIpc) is 2.28. The van der Waals surface area contributed by atoms with Crippen LogP contribution in [0.1, 0.15) is 24.8 Å². The van der Waals surface area contributed by atoms with Crippen LogP contribution < -0.4 is 10.6 Å². The predicted molar refractivity (Wildman–Crippen MR) is 61.0 cm³/mol. The molecule has 1 aliphatic rings. The first-order valence-corrected chi connectivity index (χ1v) is 5.43. The van der Waals surface area contributed by atoms with Crippen molar-refractivity contribution in [1.29, 1.82) is 0 Å². The maximum atomic E-state index is 11.8. The molecule has 0 aliphatic carbocycles. The van der Waals surface area contributed by atoms with Crippen molar-refractivity contribution in [1.82, 2.24) is 5.32 Å². The summed E-state index contributed by atoms with van der Waals surface area (Å²) in [5, 5.41) is 6.20. The van der Waals surface area contributed by atoms with Gasteiger partial charge in [-0.2, -0.15) is 0 Å². The van der Waals surface area contributed by atoms with Gasteiger partial charge in [-0.25, -0.2) is 0 Å². The number of amides is 1. The van der Waals surface area contributed by atoms with Crippen LogP contribution in [0.15, 0.2) is 24.3 Å². The lowest BCUT2D eigenvalue weighted by Gasteiger charge is -2.25. The molecule has 3 nitrogen and oxygen atoms in total. The summed E-state index contributed by atoms with van der Waals surface area (Å²) in [5.74, 6) is 0.161. The number of hydrogen-bond donors (Lipinski definition) is 2. The summed E-state index contributed by atoms with van der Waals surface area (Å²) >= 11 is 0. The normalized spacial score (nSPS) is 18.9. The van der Waals surface area contributed by atoms with Crippen molar-refractivity contribution in [3.63, 3.8) is 0 Å². The Morgan fingerprint density at radius 3 is 3.13 bits per heavy atom. The van der Waals surface area contributed by atoms with Crippen LogP contribution in [0, 0.1) is 0 Å². The Bertz CT molecular complexity index is 362. The Morgan fingerprint density at radius 2 is 2.33 bits per heavy atom. The van der Waals surface area contributed by atoms with Crippen molar-refractivity contribution in [2.24, 2.45) is 0 Å². The van der Waals surface area contributed by atoms with E-state index >= 15 is 0 Å². The Labute approximate surface area is 89.9 Å². The minimum Gasteiger partial charge on any atom is -0.385 e. The van der Waals surface area contributed by atoms with E-state index < -0.39 is 0 Å². The zero-order valence-electron chi connectivity index (χ0n) is 8.92. The van der Waals surface area contributed by atoms with Gasteiger partial charge in [0.1, 0.15) is 0 Å². The van der Waals surface area contributed by atoms with Gasteiger partial charge in [0.25, 0.3) is 0 Å². The first-order chi connectivity index (χ1) is 7.33. The second-order valence-corrected chi connectivity index (χ2v) is 3.75. The van der Waals surface area contributed by atoms with Crippen LogP contribution in [0.2, 0.25) is 0 Å². The second-order valence-electron chi connectivity index (χ2n) is 3.75. The summed E-state index contributed by atoms with van der Waals surface area (Å²) in [7, 11) is 0. The molecule has 0 saturated heterocycles. The predicted octanol–water partition coefficient (Wildman–Crippen LogP) is 1.72. The molecule has 1 heterocycles. The number of benzene rings is 1. The summed E-state index contributed by atoms with van der Waals surface area (Å²) in [6.07, 6.45) is 0.878. The van der Waals surface area contributed by atoms with Crippen LogP contribution in [0.25, 0.3) is 0 Å². The first kappa shape index (κ1) is 10.0. The van der Waals surface area contributed by atoms with E-state index in [1.807, 2.05) is 31.2 Å². The lowest BCUT2D eigenvalue weighted by molar-refractivity contribution is -0.122. The lowest BCUT2D eigenvalue weighted by atomic mass is 9.90. The number of rotatable bonds is 2. The maximum Gasteiger partial charge on any atom is 0.227 e. The standard InChI is InChI=1S/C12H16N2O/c1-2-13-12(15)10-7-8-14-11-6-4-3-5-9(10)11/h3-6,10,14H,2,7-8H2,1H3,(H,13,15). The molecule has 0 saturated carbocycles. The molecule has 1 aromatic rings. The second kappa shape index (κ2) is 4.34. The van der Waals surface area contributed by atoms with Gasteiger partial charge in [-0.05, 0) is 25.0 Å². The fourth-order valence-corrected chi connectivity index (χ4v) is 2.04. The Hall–Kier alpha value is -1.51. The molecule has 80 valence electrons. The molecule has 0 spiro atoms. The van der Waals surface area contributed by atoms with Gasteiger partial charge < -0.3 is 10.6 Å². The van der Waals surface area contributed by atoms with E-state index in [1.165, 1.54) is 0 Å². The van der Waals surface area contributed by atoms with Crippen molar-refractivity contribution in [2.75, 3.05) is 18.4 Å². The quantitative estimate of drug-likeness (QED) is 0.770. The van der Waals surface area contributed by atoms with Gasteiger partial charge in [-0.1, -0.05) is 18.2 Å². The topological polar surface area (TPSA) is 41.1 Å². The highest BCUT2D eigenvalue weighted by Crippen LogP contribution is 2.31. The molecule has 0 fully saturated rings. The highest BCUT2D eigenvalue weighted by Gasteiger charge is 2.25. The SMILES string of the molecule is CCNC(=O)C1CCNc2ccccc21. The number of nitrogens with one attached hydrogen (secondary N) is 2. The maximum absolute atomic E-state index is 11.8. The minimum atomic E-state index is 0.0161. The molecule has 1 aliphatic heterocycles. The Kier molecular flexibility index (Phi) is 2.90. The Balaban J connectivity index is 2.25. The molecule has 0 bridgehead atoms. The number of para-hydroxylation sites is 1. The molecule has 0 radical (unpaired) electrons. The van der Waals surface area contributed by atoms with Crippen LogP contribution in [-0.4, -0.2) is 19.0 Å². The molecule has 15 heavy (non-hydrogen) atoms. The van der Waals surface area contributed by atoms with Gasteiger partial charge in [-0.3, -0.25) is 4.79 Å². The van der Waals surface area contributed by atoms with Crippen molar-refractivity contribution in [2.45, 2.75) is 19.3 Å². The smallest absolute Gasteiger partial charge is 0.227 e. The third kappa shape index (κ3) is 1.96. The number of fused-ring (bicyclic) bond motifs is 1. The van der Waals surface area contributed by atoms with E-state index in [2.05, 4.69) is 10.6 Å². The van der Waals surface area contributed by atoms with Crippen LogP contribution in [0.5, 0.6) is 0 Å². The molecule has 1 amide bonds. The fraction of sp³-hybridized carbons (Fsp3) is 0.417. The van der Waals surface area contributed by atoms with Crippen molar-refractivity contribution in [3.05, 3.63) is 29.8 Å². The summed E-state index contributed by atoms with van der Waals surface area (Å²) < 4.78 is 0. The van der Waals surface area contributed by atoms with Crippen LogP contribution in [-0.2, 0) is 4.79 Å². The third-order valence-electron chi connectivity index (χ3n) is 2.75. The molecule has 1 atom stereocenters. The summed E-state index contributed by atoms with van der Waals surface area (Å²) in [4.78, 5) is 11.8. The van der Waals surface area contributed by atoms with Crippen LogP contribution in [0.3, 0.4) is 0 Å². The number of likely N-dealkylation sites (N-methyl/N-ethyl adjacent to an activating group) is 1. The van der Waals surface area contributed by atoms with Crippen molar-refractivity contribution in [3.8, 4) is 0 Å². The molecular weight excluding hydrogens is 188 g/mol. The summed E-state index contributed by atoms with van der Waals surface area (Å²) in [6, 6.07) is 8.03. The van der Waals surface area contributed by atoms with Crippen molar-refractivity contribution < 1.29 is 4.79 Å². The van der Waals surface area contributed by atoms with Gasteiger partial charge >= 0.3 is 0 Å². The zero-order valence-corrected chi connectivity index (χ0v) is 8.92. The fourth-order valence-electron chi connectivity index (χ4n) is 2.04. The van der Waals surface area contributed by atoms with E-state index in [0.717, 1.165) is 24.2 Å². The van der Waals surface area contributed by atoms with E-state index in [9.17, 15) is 4.79 Å². The van der Waals surface area contributed by atoms with Gasteiger partial charge in [-0.15, -0.1) is 0 Å². The molecule has 0 aromatic heterocycles. The van der Waals surface area contributed by atoms with E-state index in [-0.39, 0.29) is 11.8 Å². The lowest BCUT2D eigenvalue weighted by Crippen LogP contribution is -2.32. The molecule has 2 N–H and O–H groups in total. The number of anilines is 1. The molecule has 1 aromatic carbocycles. The highest BCUT2D eigenvalue weighted by atomic mass is 16.1. The van der Waals surface area contributed by atoms with Gasteiger partial charge in [0.15, 0.2) is 0 Å². The minimum absolute atomic E-state index is 0.0161. The average molecular weight is 204 g/mol.